The molecule has 2 aromatic heterocycles. The lowest BCUT2D eigenvalue weighted by atomic mass is 9.95. The van der Waals surface area contributed by atoms with Crippen LogP contribution in [0.4, 0.5) is 5.95 Å². The van der Waals surface area contributed by atoms with Crippen LogP contribution in [0.1, 0.15) is 29.7 Å². The first-order valence-corrected chi connectivity index (χ1v) is 10.6. The van der Waals surface area contributed by atoms with E-state index < -0.39 is 0 Å². The summed E-state index contributed by atoms with van der Waals surface area (Å²) in [6.45, 7) is 6.32. The molecule has 0 bridgehead atoms. The van der Waals surface area contributed by atoms with Gasteiger partial charge >= 0.3 is 0 Å². The van der Waals surface area contributed by atoms with Gasteiger partial charge in [-0.3, -0.25) is 9.58 Å². The van der Waals surface area contributed by atoms with Crippen molar-refractivity contribution >= 4 is 5.95 Å². The van der Waals surface area contributed by atoms with Crippen LogP contribution in [0.25, 0.3) is 11.3 Å². The number of rotatable bonds is 3. The van der Waals surface area contributed by atoms with Crippen LogP contribution in [0.2, 0.25) is 0 Å². The molecule has 1 fully saturated rings. The molecule has 0 unspecified atom stereocenters. The van der Waals surface area contributed by atoms with E-state index in [1.807, 2.05) is 37.1 Å². The fourth-order valence-corrected chi connectivity index (χ4v) is 4.76. The highest BCUT2D eigenvalue weighted by molar-refractivity contribution is 5.61. The third-order valence-corrected chi connectivity index (χ3v) is 6.36. The molecule has 0 amide bonds. The molecule has 0 radical (unpaired) electrons. The summed E-state index contributed by atoms with van der Waals surface area (Å²) in [5.74, 6) is 0.841. The van der Waals surface area contributed by atoms with Gasteiger partial charge in [0.2, 0.25) is 5.95 Å². The van der Waals surface area contributed by atoms with E-state index in [-0.39, 0.29) is 0 Å². The minimum Gasteiger partial charge on any atom is -0.341 e. The molecule has 6 heteroatoms. The van der Waals surface area contributed by atoms with Gasteiger partial charge in [-0.2, -0.15) is 5.10 Å². The smallest absolute Gasteiger partial charge is 0.225 e. The van der Waals surface area contributed by atoms with Crippen molar-refractivity contribution in [3.05, 3.63) is 59.5 Å². The Morgan fingerprint density at radius 2 is 1.79 bits per heavy atom. The van der Waals surface area contributed by atoms with Crippen LogP contribution in [-0.2, 0) is 20.0 Å². The topological polar surface area (TPSA) is 50.1 Å². The highest BCUT2D eigenvalue weighted by Crippen LogP contribution is 2.27. The number of hydrogen-bond donors (Lipinski definition) is 0. The van der Waals surface area contributed by atoms with Crippen LogP contribution in [0, 0.1) is 6.92 Å². The van der Waals surface area contributed by atoms with Crippen LogP contribution in [0.3, 0.4) is 0 Å². The summed E-state index contributed by atoms with van der Waals surface area (Å²) in [5.41, 5.74) is 6.07. The molecular formula is C23H28N6. The van der Waals surface area contributed by atoms with Crippen molar-refractivity contribution in [1.29, 1.82) is 0 Å². The zero-order chi connectivity index (χ0) is 19.8. The van der Waals surface area contributed by atoms with Crippen molar-refractivity contribution in [1.82, 2.24) is 24.6 Å². The van der Waals surface area contributed by atoms with Crippen LogP contribution in [-0.4, -0.2) is 50.3 Å². The first kappa shape index (κ1) is 18.3. The Labute approximate surface area is 172 Å². The minimum absolute atomic E-state index is 0.656. The van der Waals surface area contributed by atoms with E-state index in [0.29, 0.717) is 6.04 Å². The third-order valence-electron chi connectivity index (χ3n) is 6.36. The maximum Gasteiger partial charge on any atom is 0.225 e. The van der Waals surface area contributed by atoms with Crippen LogP contribution in [0.5, 0.6) is 0 Å². The van der Waals surface area contributed by atoms with E-state index in [9.17, 15) is 0 Å². The van der Waals surface area contributed by atoms with Crippen molar-refractivity contribution < 1.29 is 0 Å². The molecule has 0 saturated carbocycles. The number of hydrogen-bond acceptors (Lipinski definition) is 5. The summed E-state index contributed by atoms with van der Waals surface area (Å²) in [6.07, 6.45) is 7.41. The van der Waals surface area contributed by atoms with Crippen molar-refractivity contribution in [3.8, 4) is 11.3 Å². The SMILES string of the molecule is Cc1nn(C)cc1-c1ccnc(N2CCC(N3CCc4ccccc4C3)CC2)n1. The highest BCUT2D eigenvalue weighted by atomic mass is 15.3. The van der Waals surface area contributed by atoms with E-state index in [2.05, 4.69) is 44.1 Å². The Balaban J connectivity index is 1.26. The van der Waals surface area contributed by atoms with Gasteiger partial charge in [-0.1, -0.05) is 24.3 Å². The molecule has 1 saturated heterocycles. The van der Waals surface area contributed by atoms with Gasteiger partial charge in [-0.25, -0.2) is 9.97 Å². The molecule has 0 atom stereocenters. The molecule has 6 nitrogen and oxygen atoms in total. The predicted octanol–water partition coefficient (Wildman–Crippen LogP) is 3.21. The maximum absolute atomic E-state index is 4.86. The molecule has 29 heavy (non-hydrogen) atoms. The first-order chi connectivity index (χ1) is 14.2. The summed E-state index contributed by atoms with van der Waals surface area (Å²) < 4.78 is 1.84. The van der Waals surface area contributed by atoms with Gasteiger partial charge in [0.05, 0.1) is 11.4 Å². The average molecular weight is 389 g/mol. The number of nitrogens with zero attached hydrogens (tertiary/aromatic N) is 6. The van der Waals surface area contributed by atoms with E-state index >= 15 is 0 Å². The van der Waals surface area contributed by atoms with E-state index in [1.54, 1.807) is 0 Å². The summed E-state index contributed by atoms with van der Waals surface area (Å²) in [4.78, 5) is 14.4. The number of anilines is 1. The second-order valence-electron chi connectivity index (χ2n) is 8.25. The van der Waals surface area contributed by atoms with Crippen LogP contribution >= 0.6 is 0 Å². The monoisotopic (exact) mass is 388 g/mol. The number of aromatic nitrogens is 4. The van der Waals surface area contributed by atoms with Crippen molar-refractivity contribution in [2.24, 2.45) is 7.05 Å². The summed E-state index contributed by atoms with van der Waals surface area (Å²) in [5, 5.41) is 4.44. The summed E-state index contributed by atoms with van der Waals surface area (Å²) in [7, 11) is 1.95. The Bertz CT molecular complexity index is 1000. The summed E-state index contributed by atoms with van der Waals surface area (Å²) in [6, 6.07) is 11.5. The van der Waals surface area contributed by atoms with Crippen molar-refractivity contribution in [2.45, 2.75) is 38.8 Å². The Morgan fingerprint density at radius 3 is 2.55 bits per heavy atom. The first-order valence-electron chi connectivity index (χ1n) is 10.6. The number of aryl methyl sites for hydroxylation is 2. The molecule has 5 rings (SSSR count). The fourth-order valence-electron chi connectivity index (χ4n) is 4.76. The van der Waals surface area contributed by atoms with Gasteiger partial charge < -0.3 is 4.90 Å². The lowest BCUT2D eigenvalue weighted by Gasteiger charge is -2.40. The predicted molar refractivity (Wildman–Crippen MR) is 115 cm³/mol. The van der Waals surface area contributed by atoms with E-state index in [1.165, 1.54) is 36.9 Å². The van der Waals surface area contributed by atoms with Gasteiger partial charge in [-0.05, 0) is 43.4 Å². The molecule has 1 aromatic carbocycles. The molecule has 2 aliphatic rings. The van der Waals surface area contributed by atoms with Gasteiger partial charge in [0, 0.05) is 57.2 Å². The second kappa shape index (κ2) is 7.59. The van der Waals surface area contributed by atoms with Crippen LogP contribution in [0.15, 0.2) is 42.7 Å². The minimum atomic E-state index is 0.656. The van der Waals surface area contributed by atoms with Gasteiger partial charge in [-0.15, -0.1) is 0 Å². The Morgan fingerprint density at radius 1 is 1.00 bits per heavy atom. The zero-order valence-corrected chi connectivity index (χ0v) is 17.3. The number of fused-ring (bicyclic) bond motifs is 1. The quantitative estimate of drug-likeness (QED) is 0.690. The Kier molecular flexibility index (Phi) is 4.79. The normalized spacial score (nSPS) is 18.1. The molecule has 3 aromatic rings. The lowest BCUT2D eigenvalue weighted by molar-refractivity contribution is 0.153. The fraction of sp³-hybridized carbons (Fsp3) is 0.435. The van der Waals surface area contributed by atoms with Crippen LogP contribution < -0.4 is 4.90 Å². The summed E-state index contributed by atoms with van der Waals surface area (Å²) >= 11 is 0. The number of piperidine rings is 1. The van der Waals surface area contributed by atoms with Crippen molar-refractivity contribution in [2.75, 3.05) is 24.5 Å². The zero-order valence-electron chi connectivity index (χ0n) is 17.3. The van der Waals surface area contributed by atoms with Crippen molar-refractivity contribution in [3.63, 3.8) is 0 Å². The molecule has 0 spiro atoms. The highest BCUT2D eigenvalue weighted by Gasteiger charge is 2.28. The molecule has 2 aliphatic heterocycles. The Hall–Kier alpha value is -2.73. The van der Waals surface area contributed by atoms with Gasteiger partial charge in [0.25, 0.3) is 0 Å². The van der Waals surface area contributed by atoms with Gasteiger partial charge in [0.1, 0.15) is 0 Å². The number of benzene rings is 1. The lowest BCUT2D eigenvalue weighted by Crippen LogP contribution is -2.47. The van der Waals surface area contributed by atoms with Gasteiger partial charge in [0.15, 0.2) is 0 Å². The maximum atomic E-state index is 4.86. The average Bonchev–Trinajstić information content (AvgIpc) is 3.11. The van der Waals surface area contributed by atoms with E-state index in [0.717, 1.165) is 42.5 Å². The molecule has 0 N–H and O–H groups in total. The van der Waals surface area contributed by atoms with E-state index in [4.69, 9.17) is 4.98 Å². The molecule has 4 heterocycles. The second-order valence-corrected chi connectivity index (χ2v) is 8.25. The molecule has 0 aliphatic carbocycles. The standard InChI is InChI=1S/C23H28N6/c1-17-21(16-27(2)26-17)22-7-11-24-23(25-22)28-13-9-20(10-14-28)29-12-8-18-5-3-4-6-19(18)15-29/h3-7,11,16,20H,8-10,12-15H2,1-2H3. The third kappa shape index (κ3) is 3.65. The molecule has 150 valence electrons. The molecular weight excluding hydrogens is 360 g/mol. The largest absolute Gasteiger partial charge is 0.341 e.